The van der Waals surface area contributed by atoms with Crippen molar-refractivity contribution in [1.29, 1.82) is 0 Å². The number of carbonyl (C=O) groups excluding carboxylic acids is 1. The highest BCUT2D eigenvalue weighted by Crippen LogP contribution is 2.11. The van der Waals surface area contributed by atoms with Crippen molar-refractivity contribution in [2.45, 2.75) is 6.42 Å². The second-order valence-electron chi connectivity index (χ2n) is 3.56. The lowest BCUT2D eigenvalue weighted by Gasteiger charge is -2.05. The molecule has 2 aromatic heterocycles. The van der Waals surface area contributed by atoms with Crippen LogP contribution in [0.1, 0.15) is 16.8 Å². The Bertz CT molecular complexity index is 509. The van der Waals surface area contributed by atoms with Crippen molar-refractivity contribution in [3.8, 4) is 0 Å². The van der Waals surface area contributed by atoms with Crippen LogP contribution in [-0.2, 0) is 4.74 Å². The molecule has 2 rings (SSSR count). The van der Waals surface area contributed by atoms with Gasteiger partial charge in [0, 0.05) is 26.5 Å². The van der Waals surface area contributed by atoms with Crippen LogP contribution in [0.5, 0.6) is 0 Å². The lowest BCUT2D eigenvalue weighted by atomic mass is 10.2. The molecule has 2 heterocycles. The predicted molar refractivity (Wildman–Crippen MR) is 62.7 cm³/mol. The maximum Gasteiger partial charge on any atom is 0.253 e. The fourth-order valence-corrected chi connectivity index (χ4v) is 1.55. The number of rotatable bonds is 5. The topological polar surface area (TPSA) is 79.9 Å². The number of carbonyl (C=O) groups is 1. The Labute approximate surface area is 98.4 Å². The number of aromatic nitrogens is 3. The molecule has 2 aromatic rings. The molecule has 0 aliphatic carbocycles. The highest BCUT2D eigenvalue weighted by atomic mass is 16.5. The summed E-state index contributed by atoms with van der Waals surface area (Å²) in [6, 6.07) is 1.67. The lowest BCUT2D eigenvalue weighted by Crippen LogP contribution is -2.25. The maximum atomic E-state index is 11.9. The second kappa shape index (κ2) is 5.40. The highest BCUT2D eigenvalue weighted by Gasteiger charge is 2.11. The van der Waals surface area contributed by atoms with Crippen LogP contribution in [0, 0.1) is 0 Å². The summed E-state index contributed by atoms with van der Waals surface area (Å²) >= 11 is 0. The number of methoxy groups -OCH3 is 1. The summed E-state index contributed by atoms with van der Waals surface area (Å²) in [6.07, 6.45) is 3.89. The Morgan fingerprint density at radius 2 is 2.41 bits per heavy atom. The van der Waals surface area contributed by atoms with Gasteiger partial charge in [-0.25, -0.2) is 9.97 Å². The minimum atomic E-state index is -0.127. The average Bonchev–Trinajstić information content (AvgIpc) is 2.82. The number of ether oxygens (including phenoxy) is 1. The van der Waals surface area contributed by atoms with Crippen LogP contribution >= 0.6 is 0 Å². The first kappa shape index (κ1) is 11.5. The Kier molecular flexibility index (Phi) is 3.66. The normalized spacial score (nSPS) is 10.6. The quantitative estimate of drug-likeness (QED) is 0.747. The maximum absolute atomic E-state index is 11.9. The first-order valence-electron chi connectivity index (χ1n) is 5.38. The summed E-state index contributed by atoms with van der Waals surface area (Å²) in [5.74, 6) is -0.127. The number of imidazole rings is 1. The zero-order valence-corrected chi connectivity index (χ0v) is 9.56. The molecule has 17 heavy (non-hydrogen) atoms. The number of pyridine rings is 1. The third-order valence-electron chi connectivity index (χ3n) is 2.38. The van der Waals surface area contributed by atoms with Crippen LogP contribution in [0.15, 0.2) is 18.6 Å². The van der Waals surface area contributed by atoms with E-state index in [2.05, 4.69) is 20.3 Å². The van der Waals surface area contributed by atoms with Gasteiger partial charge >= 0.3 is 0 Å². The Hall–Kier alpha value is -1.95. The molecule has 0 aliphatic heterocycles. The van der Waals surface area contributed by atoms with Crippen molar-refractivity contribution in [3.63, 3.8) is 0 Å². The fourth-order valence-electron chi connectivity index (χ4n) is 1.55. The molecular formula is C11H14N4O2. The van der Waals surface area contributed by atoms with Crippen molar-refractivity contribution in [3.05, 3.63) is 24.2 Å². The summed E-state index contributed by atoms with van der Waals surface area (Å²) in [5, 5.41) is 2.82. The van der Waals surface area contributed by atoms with Crippen LogP contribution < -0.4 is 5.32 Å². The Balaban J connectivity index is 2.06. The van der Waals surface area contributed by atoms with Crippen LogP contribution in [0.2, 0.25) is 0 Å². The van der Waals surface area contributed by atoms with E-state index in [1.54, 1.807) is 19.4 Å². The van der Waals surface area contributed by atoms with Gasteiger partial charge in [-0.2, -0.15) is 0 Å². The van der Waals surface area contributed by atoms with Crippen molar-refractivity contribution < 1.29 is 9.53 Å². The summed E-state index contributed by atoms with van der Waals surface area (Å²) in [6.45, 7) is 1.22. The van der Waals surface area contributed by atoms with Crippen LogP contribution in [0.4, 0.5) is 0 Å². The molecule has 0 radical (unpaired) electrons. The molecule has 0 fully saturated rings. The predicted octanol–water partition coefficient (Wildman–Crippen LogP) is 0.724. The van der Waals surface area contributed by atoms with Gasteiger partial charge < -0.3 is 15.0 Å². The molecule has 1 amide bonds. The van der Waals surface area contributed by atoms with Crippen molar-refractivity contribution in [2.24, 2.45) is 0 Å². The van der Waals surface area contributed by atoms with E-state index < -0.39 is 0 Å². The summed E-state index contributed by atoms with van der Waals surface area (Å²) in [5.41, 5.74) is 1.77. The van der Waals surface area contributed by atoms with Crippen molar-refractivity contribution in [2.75, 3.05) is 20.3 Å². The van der Waals surface area contributed by atoms with E-state index in [0.717, 1.165) is 6.42 Å². The van der Waals surface area contributed by atoms with Gasteiger partial charge in [-0.05, 0) is 12.5 Å². The number of nitrogens with zero attached hydrogens (tertiary/aromatic N) is 2. The Morgan fingerprint density at radius 1 is 1.53 bits per heavy atom. The second-order valence-corrected chi connectivity index (χ2v) is 3.56. The first-order valence-corrected chi connectivity index (χ1v) is 5.38. The van der Waals surface area contributed by atoms with Gasteiger partial charge in [0.2, 0.25) is 0 Å². The van der Waals surface area contributed by atoms with E-state index in [-0.39, 0.29) is 5.91 Å². The molecule has 0 atom stereocenters. The number of hydrogen-bond donors (Lipinski definition) is 2. The van der Waals surface area contributed by atoms with Gasteiger partial charge in [0.15, 0.2) is 5.65 Å². The number of H-pyrrole nitrogens is 1. The van der Waals surface area contributed by atoms with E-state index in [1.165, 1.54) is 6.33 Å². The monoisotopic (exact) mass is 234 g/mol. The molecule has 6 heteroatoms. The van der Waals surface area contributed by atoms with Crippen LogP contribution in [0.3, 0.4) is 0 Å². The molecule has 0 aliphatic rings. The van der Waals surface area contributed by atoms with Crippen LogP contribution in [-0.4, -0.2) is 41.1 Å². The van der Waals surface area contributed by atoms with E-state index in [9.17, 15) is 4.79 Å². The molecule has 0 bridgehead atoms. The first-order chi connectivity index (χ1) is 8.33. The minimum absolute atomic E-state index is 0.127. The van der Waals surface area contributed by atoms with Gasteiger partial charge in [-0.15, -0.1) is 0 Å². The van der Waals surface area contributed by atoms with Gasteiger partial charge in [-0.3, -0.25) is 4.79 Å². The largest absolute Gasteiger partial charge is 0.385 e. The lowest BCUT2D eigenvalue weighted by molar-refractivity contribution is 0.0950. The minimum Gasteiger partial charge on any atom is -0.385 e. The Morgan fingerprint density at radius 3 is 3.24 bits per heavy atom. The molecule has 0 saturated heterocycles. The van der Waals surface area contributed by atoms with Gasteiger partial charge in [0.25, 0.3) is 5.91 Å². The van der Waals surface area contributed by atoms with Gasteiger partial charge in [0.05, 0.1) is 17.4 Å². The summed E-state index contributed by atoms with van der Waals surface area (Å²) < 4.78 is 4.91. The van der Waals surface area contributed by atoms with E-state index in [4.69, 9.17) is 4.74 Å². The summed E-state index contributed by atoms with van der Waals surface area (Å²) in [7, 11) is 1.64. The third kappa shape index (κ3) is 2.59. The number of fused-ring (bicyclic) bond motifs is 1. The van der Waals surface area contributed by atoms with Crippen LogP contribution in [0.25, 0.3) is 11.2 Å². The van der Waals surface area contributed by atoms with E-state index >= 15 is 0 Å². The smallest absolute Gasteiger partial charge is 0.253 e. The zero-order valence-electron chi connectivity index (χ0n) is 9.56. The van der Waals surface area contributed by atoms with Crippen molar-refractivity contribution in [1.82, 2.24) is 20.3 Å². The SMILES string of the molecule is COCCCNC(=O)c1ccnc2nc[nH]c12. The van der Waals surface area contributed by atoms with Crippen molar-refractivity contribution >= 4 is 17.1 Å². The molecule has 6 nitrogen and oxygen atoms in total. The average molecular weight is 234 g/mol. The molecule has 0 unspecified atom stereocenters. The fraction of sp³-hybridized carbons (Fsp3) is 0.364. The standard InChI is InChI=1S/C11H14N4O2/c1-17-6-2-4-13-11(16)8-3-5-12-10-9(8)14-7-15-10/h3,5,7H,2,4,6H2,1H3,(H,13,16)(H,12,14,15). The molecule has 90 valence electrons. The van der Waals surface area contributed by atoms with E-state index in [1.807, 2.05) is 0 Å². The summed E-state index contributed by atoms with van der Waals surface area (Å²) in [4.78, 5) is 22.9. The molecule has 2 N–H and O–H groups in total. The van der Waals surface area contributed by atoms with Gasteiger partial charge in [-0.1, -0.05) is 0 Å². The number of aromatic amines is 1. The highest BCUT2D eigenvalue weighted by molar-refractivity contribution is 6.03. The molecule has 0 saturated carbocycles. The zero-order chi connectivity index (χ0) is 12.1. The third-order valence-corrected chi connectivity index (χ3v) is 2.38. The number of amides is 1. The molecular weight excluding hydrogens is 220 g/mol. The number of hydrogen-bond acceptors (Lipinski definition) is 4. The molecule has 0 spiro atoms. The van der Waals surface area contributed by atoms with E-state index in [0.29, 0.717) is 29.9 Å². The number of nitrogens with one attached hydrogen (secondary N) is 2. The van der Waals surface area contributed by atoms with Gasteiger partial charge in [0.1, 0.15) is 0 Å². The molecule has 0 aromatic carbocycles.